The van der Waals surface area contributed by atoms with Gasteiger partial charge >= 0.3 is 0 Å². The van der Waals surface area contributed by atoms with E-state index in [9.17, 15) is 9.59 Å². The summed E-state index contributed by atoms with van der Waals surface area (Å²) in [5.41, 5.74) is 1.04. The van der Waals surface area contributed by atoms with Crippen LogP contribution < -0.4 is 0 Å². The molecule has 124 valence electrons. The van der Waals surface area contributed by atoms with Crippen molar-refractivity contribution in [2.45, 2.75) is 78.2 Å². The Morgan fingerprint density at radius 3 is 2.73 bits per heavy atom. The van der Waals surface area contributed by atoms with Crippen LogP contribution in [0.1, 0.15) is 72.1 Å². The Bertz CT molecular complexity index is 425. The molecule has 0 N–H and O–H groups in total. The molecule has 22 heavy (non-hydrogen) atoms. The maximum absolute atomic E-state index is 12.7. The molecule has 2 amide bonds. The van der Waals surface area contributed by atoms with Crippen molar-refractivity contribution in [3.63, 3.8) is 0 Å². The third kappa shape index (κ3) is 5.11. The second-order valence-corrected chi connectivity index (χ2v) is 6.42. The first-order valence-electron chi connectivity index (χ1n) is 8.69. The molecule has 0 bridgehead atoms. The number of unbranched alkanes of at least 4 members (excludes halogenated alkanes) is 4. The molecule has 0 saturated carbocycles. The van der Waals surface area contributed by atoms with Crippen LogP contribution >= 0.6 is 0 Å². The summed E-state index contributed by atoms with van der Waals surface area (Å²) < 4.78 is 0. The van der Waals surface area contributed by atoms with Gasteiger partial charge < -0.3 is 0 Å². The number of allylic oxidation sites excluding steroid dienone is 1. The third-order valence-electron chi connectivity index (χ3n) is 4.46. The van der Waals surface area contributed by atoms with Crippen molar-refractivity contribution in [1.29, 1.82) is 0 Å². The molecule has 1 aliphatic rings. The van der Waals surface area contributed by atoms with Gasteiger partial charge in [-0.25, -0.2) is 0 Å². The average Bonchev–Trinajstić information content (AvgIpc) is 2.77. The molecule has 2 atom stereocenters. The third-order valence-corrected chi connectivity index (χ3v) is 4.46. The fraction of sp³-hybridized carbons (Fsp3) is 0.684. The van der Waals surface area contributed by atoms with Gasteiger partial charge in [0.25, 0.3) is 5.91 Å². The Morgan fingerprint density at radius 1 is 1.36 bits per heavy atom. The first-order chi connectivity index (χ1) is 10.5. The number of nitrogens with zero attached hydrogens (tertiary/aromatic N) is 1. The lowest BCUT2D eigenvalue weighted by Crippen LogP contribution is -2.43. The van der Waals surface area contributed by atoms with Crippen LogP contribution in [-0.2, 0) is 9.59 Å². The zero-order valence-corrected chi connectivity index (χ0v) is 14.4. The van der Waals surface area contributed by atoms with E-state index < -0.39 is 0 Å². The van der Waals surface area contributed by atoms with E-state index in [-0.39, 0.29) is 23.8 Å². The Kier molecular flexibility index (Phi) is 8.15. The Hall–Kier alpha value is -1.38. The van der Waals surface area contributed by atoms with Gasteiger partial charge in [0.05, 0.1) is 6.04 Å². The molecule has 0 aromatic heterocycles. The smallest absolute Gasteiger partial charge is 0.253 e. The van der Waals surface area contributed by atoms with Crippen LogP contribution in [0.5, 0.6) is 0 Å². The fourth-order valence-electron chi connectivity index (χ4n) is 3.02. The van der Waals surface area contributed by atoms with Crippen molar-refractivity contribution in [2.24, 2.45) is 5.92 Å². The summed E-state index contributed by atoms with van der Waals surface area (Å²) in [6.45, 7) is 9.79. The minimum atomic E-state index is -0.123. The Morgan fingerprint density at radius 2 is 2.09 bits per heavy atom. The molecule has 0 fully saturated rings. The topological polar surface area (TPSA) is 37.4 Å². The monoisotopic (exact) mass is 305 g/mol. The summed E-state index contributed by atoms with van der Waals surface area (Å²) in [6, 6.07) is -0.0119. The normalized spacial score (nSPS) is 19.2. The zero-order chi connectivity index (χ0) is 16.5. The molecule has 0 unspecified atom stereocenters. The number of hydrogen-bond acceptors (Lipinski definition) is 2. The molecular weight excluding hydrogens is 274 g/mol. The van der Waals surface area contributed by atoms with E-state index in [1.807, 2.05) is 19.9 Å². The van der Waals surface area contributed by atoms with E-state index in [2.05, 4.69) is 13.5 Å². The van der Waals surface area contributed by atoms with Crippen LogP contribution in [-0.4, -0.2) is 22.8 Å². The molecule has 0 spiro atoms. The molecule has 0 saturated heterocycles. The lowest BCUT2D eigenvalue weighted by Gasteiger charge is -2.27. The molecular formula is C19H31NO2. The van der Waals surface area contributed by atoms with Crippen molar-refractivity contribution in [2.75, 3.05) is 0 Å². The molecule has 1 aliphatic heterocycles. The highest BCUT2D eigenvalue weighted by Gasteiger charge is 2.36. The number of carbonyl (C=O) groups is 2. The van der Waals surface area contributed by atoms with E-state index >= 15 is 0 Å². The summed E-state index contributed by atoms with van der Waals surface area (Å²) >= 11 is 0. The number of rotatable bonds is 10. The van der Waals surface area contributed by atoms with Gasteiger partial charge in [-0.1, -0.05) is 45.6 Å². The molecule has 3 heteroatoms. The van der Waals surface area contributed by atoms with Gasteiger partial charge in [0.1, 0.15) is 0 Å². The number of hydrogen-bond donors (Lipinski definition) is 0. The number of carbonyl (C=O) groups excluding carboxylic acids is 2. The summed E-state index contributed by atoms with van der Waals surface area (Å²) in [5.74, 6) is -0.207. The summed E-state index contributed by atoms with van der Waals surface area (Å²) in [4.78, 5) is 26.3. The molecule has 1 rings (SSSR count). The van der Waals surface area contributed by atoms with E-state index in [1.165, 1.54) is 4.90 Å². The van der Waals surface area contributed by atoms with Crippen LogP contribution in [0.3, 0.4) is 0 Å². The van der Waals surface area contributed by atoms with Gasteiger partial charge in [-0.2, -0.15) is 0 Å². The lowest BCUT2D eigenvalue weighted by atomic mass is 9.98. The zero-order valence-electron chi connectivity index (χ0n) is 14.4. The number of imide groups is 1. The number of amides is 2. The SMILES string of the molecule is C=CCCCC[C@@H](C)C(=O)N1C(=O)C=C(C)[C@@H]1CCCCC. The maximum Gasteiger partial charge on any atom is 0.253 e. The summed E-state index contributed by atoms with van der Waals surface area (Å²) in [6.07, 6.45) is 11.7. The van der Waals surface area contributed by atoms with Gasteiger partial charge in [0.2, 0.25) is 5.91 Å². The highest BCUT2D eigenvalue weighted by atomic mass is 16.2. The average molecular weight is 305 g/mol. The van der Waals surface area contributed by atoms with Gasteiger partial charge in [-0.3, -0.25) is 14.5 Å². The van der Waals surface area contributed by atoms with E-state index in [0.29, 0.717) is 0 Å². The molecule has 1 heterocycles. The van der Waals surface area contributed by atoms with Crippen LogP contribution in [0.4, 0.5) is 0 Å². The molecule has 0 radical (unpaired) electrons. The fourth-order valence-corrected chi connectivity index (χ4v) is 3.02. The van der Waals surface area contributed by atoms with Gasteiger partial charge in [0, 0.05) is 12.0 Å². The maximum atomic E-state index is 12.7. The molecule has 0 aliphatic carbocycles. The predicted molar refractivity (Wildman–Crippen MR) is 91.4 cm³/mol. The first kappa shape index (κ1) is 18.7. The molecule has 0 aromatic carbocycles. The van der Waals surface area contributed by atoms with Gasteiger partial charge in [-0.05, 0) is 38.2 Å². The minimum absolute atomic E-state index is 0.00167. The summed E-state index contributed by atoms with van der Waals surface area (Å²) in [5, 5.41) is 0. The first-order valence-corrected chi connectivity index (χ1v) is 8.69. The predicted octanol–water partition coefficient (Wildman–Crippen LogP) is 4.63. The standard InChI is InChI=1S/C19H31NO2/c1-5-7-9-11-12-15(3)19(22)20-17(13-10-8-6-2)16(4)14-18(20)21/h5,14-15,17H,1,6-13H2,2-4H3/t15-,17+/m1/s1. The van der Waals surface area contributed by atoms with Crippen LogP contribution in [0.2, 0.25) is 0 Å². The highest BCUT2D eigenvalue weighted by molar-refractivity contribution is 6.04. The Labute approximate surface area is 135 Å². The van der Waals surface area contributed by atoms with E-state index in [1.54, 1.807) is 6.08 Å². The van der Waals surface area contributed by atoms with Gasteiger partial charge in [-0.15, -0.1) is 6.58 Å². The van der Waals surface area contributed by atoms with Gasteiger partial charge in [0.15, 0.2) is 0 Å². The molecule has 3 nitrogen and oxygen atoms in total. The van der Waals surface area contributed by atoms with Crippen molar-refractivity contribution < 1.29 is 9.59 Å². The second kappa shape index (κ2) is 9.60. The Balaban J connectivity index is 2.59. The van der Waals surface area contributed by atoms with Crippen LogP contribution in [0, 0.1) is 5.92 Å². The van der Waals surface area contributed by atoms with Crippen molar-refractivity contribution >= 4 is 11.8 Å². The summed E-state index contributed by atoms with van der Waals surface area (Å²) in [7, 11) is 0. The lowest BCUT2D eigenvalue weighted by molar-refractivity contribution is -0.145. The minimum Gasteiger partial charge on any atom is -0.274 e. The van der Waals surface area contributed by atoms with Crippen molar-refractivity contribution in [1.82, 2.24) is 4.90 Å². The second-order valence-electron chi connectivity index (χ2n) is 6.42. The van der Waals surface area contributed by atoms with Crippen molar-refractivity contribution in [3.05, 3.63) is 24.3 Å². The van der Waals surface area contributed by atoms with E-state index in [0.717, 1.165) is 56.9 Å². The van der Waals surface area contributed by atoms with E-state index in [4.69, 9.17) is 0 Å². The van der Waals surface area contributed by atoms with Crippen molar-refractivity contribution in [3.8, 4) is 0 Å². The highest BCUT2D eigenvalue weighted by Crippen LogP contribution is 2.27. The van der Waals surface area contributed by atoms with Crippen LogP contribution in [0.25, 0.3) is 0 Å². The largest absolute Gasteiger partial charge is 0.274 e. The van der Waals surface area contributed by atoms with Crippen LogP contribution in [0.15, 0.2) is 24.3 Å². The quantitative estimate of drug-likeness (QED) is 0.436. The molecule has 0 aromatic rings.